The Balaban J connectivity index is 1.22. The molecular weight excluding hydrogens is 452 g/mol. The van der Waals surface area contributed by atoms with E-state index in [0.29, 0.717) is 29.0 Å². The second-order valence-corrected chi connectivity index (χ2v) is 11.5. The van der Waals surface area contributed by atoms with Crippen molar-refractivity contribution >= 4 is 17.7 Å². The second kappa shape index (κ2) is 8.75. The third-order valence-corrected chi connectivity index (χ3v) is 9.16. The maximum atomic E-state index is 13.6. The molecule has 1 unspecified atom stereocenters. The molecule has 36 heavy (non-hydrogen) atoms. The summed E-state index contributed by atoms with van der Waals surface area (Å²) in [7, 11) is 0. The predicted molar refractivity (Wildman–Crippen MR) is 136 cm³/mol. The number of fused-ring (bicyclic) bond motifs is 1. The molecular formula is C30H34N2O4. The standard InChI is InChI=1S/C30H34N2O4/c1-3-36-26-9-8-19(17-32-28(34)23-6-4-5-7-24(23)29(32)35)13-25(26)27(33)31-18(2)30-14-20-10-21(15-30)12-22(11-20)16-30/h4-9,13,18,20-22H,3,10-12,14-17H2,1-2H3,(H,31,33). The topological polar surface area (TPSA) is 75.7 Å². The minimum Gasteiger partial charge on any atom is -0.493 e. The summed E-state index contributed by atoms with van der Waals surface area (Å²) >= 11 is 0. The summed E-state index contributed by atoms with van der Waals surface area (Å²) in [4.78, 5) is 40.6. The molecule has 0 saturated heterocycles. The van der Waals surface area contributed by atoms with Gasteiger partial charge in [-0.1, -0.05) is 18.2 Å². The molecule has 4 fully saturated rings. The van der Waals surface area contributed by atoms with E-state index < -0.39 is 0 Å². The van der Waals surface area contributed by atoms with Gasteiger partial charge in [-0.05, 0) is 105 Å². The van der Waals surface area contributed by atoms with E-state index in [0.717, 1.165) is 23.3 Å². The number of ether oxygens (including phenoxy) is 1. The van der Waals surface area contributed by atoms with Crippen LogP contribution < -0.4 is 10.1 Å². The third kappa shape index (κ3) is 3.82. The molecule has 4 saturated carbocycles. The summed E-state index contributed by atoms with van der Waals surface area (Å²) in [5.74, 6) is 2.23. The van der Waals surface area contributed by atoms with Gasteiger partial charge in [0.15, 0.2) is 0 Å². The zero-order valence-corrected chi connectivity index (χ0v) is 21.1. The molecule has 1 aliphatic heterocycles. The Morgan fingerprint density at radius 1 is 1.00 bits per heavy atom. The van der Waals surface area contributed by atoms with Crippen molar-refractivity contribution in [2.75, 3.05) is 6.61 Å². The Morgan fingerprint density at radius 3 is 2.14 bits per heavy atom. The van der Waals surface area contributed by atoms with Gasteiger partial charge in [0, 0.05) is 6.04 Å². The molecule has 1 atom stereocenters. The number of benzene rings is 2. The van der Waals surface area contributed by atoms with Crippen molar-refractivity contribution < 1.29 is 19.1 Å². The molecule has 2 aromatic carbocycles. The van der Waals surface area contributed by atoms with Gasteiger partial charge < -0.3 is 10.1 Å². The highest BCUT2D eigenvalue weighted by Gasteiger charge is 2.53. The molecule has 0 aromatic heterocycles. The normalized spacial score (nSPS) is 28.8. The summed E-state index contributed by atoms with van der Waals surface area (Å²) in [5, 5.41) is 3.34. The Labute approximate surface area is 212 Å². The molecule has 188 valence electrons. The predicted octanol–water partition coefficient (Wildman–Crippen LogP) is 5.22. The van der Waals surface area contributed by atoms with Gasteiger partial charge in [0.25, 0.3) is 17.7 Å². The molecule has 3 amide bonds. The lowest BCUT2D eigenvalue weighted by atomic mass is 9.48. The van der Waals surface area contributed by atoms with Crippen molar-refractivity contribution in [2.24, 2.45) is 23.2 Å². The van der Waals surface area contributed by atoms with E-state index >= 15 is 0 Å². The summed E-state index contributed by atoms with van der Waals surface area (Å²) in [6.07, 6.45) is 7.77. The number of carbonyl (C=O) groups is 3. The van der Waals surface area contributed by atoms with E-state index in [9.17, 15) is 14.4 Å². The maximum absolute atomic E-state index is 13.6. The molecule has 0 radical (unpaired) electrons. The first-order valence-electron chi connectivity index (χ1n) is 13.4. The Hall–Kier alpha value is -3.15. The van der Waals surface area contributed by atoms with Gasteiger partial charge in [-0.2, -0.15) is 0 Å². The van der Waals surface area contributed by atoms with Crippen LogP contribution in [-0.4, -0.2) is 35.3 Å². The number of amides is 3. The van der Waals surface area contributed by atoms with Gasteiger partial charge in [-0.15, -0.1) is 0 Å². The smallest absolute Gasteiger partial charge is 0.261 e. The largest absolute Gasteiger partial charge is 0.493 e. The number of rotatable bonds is 7. The number of nitrogens with zero attached hydrogens (tertiary/aromatic N) is 1. The lowest BCUT2D eigenvalue weighted by molar-refractivity contribution is -0.0688. The monoisotopic (exact) mass is 486 g/mol. The van der Waals surface area contributed by atoms with Gasteiger partial charge in [0.2, 0.25) is 0 Å². The number of hydrogen-bond acceptors (Lipinski definition) is 4. The number of hydrogen-bond donors (Lipinski definition) is 1. The summed E-state index contributed by atoms with van der Waals surface area (Å²) < 4.78 is 5.80. The molecule has 2 aromatic rings. The minimum absolute atomic E-state index is 0.0905. The van der Waals surface area contributed by atoms with E-state index in [4.69, 9.17) is 4.74 Å². The van der Waals surface area contributed by atoms with Crippen LogP contribution in [0.25, 0.3) is 0 Å². The minimum atomic E-state index is -0.300. The SMILES string of the molecule is CCOc1ccc(CN2C(=O)c3ccccc3C2=O)cc1C(=O)NC(C)C12CC3CC(CC(C3)C1)C2. The van der Waals surface area contributed by atoms with Gasteiger partial charge in [-0.3, -0.25) is 19.3 Å². The van der Waals surface area contributed by atoms with Crippen molar-refractivity contribution in [3.05, 3.63) is 64.7 Å². The molecule has 6 nitrogen and oxygen atoms in total. The first kappa shape index (κ1) is 23.3. The lowest BCUT2D eigenvalue weighted by Gasteiger charge is -2.59. The lowest BCUT2D eigenvalue weighted by Crippen LogP contribution is -2.55. The van der Waals surface area contributed by atoms with E-state index in [2.05, 4.69) is 12.2 Å². The zero-order valence-electron chi connectivity index (χ0n) is 21.1. The van der Waals surface area contributed by atoms with E-state index in [1.807, 2.05) is 13.0 Å². The highest BCUT2D eigenvalue weighted by Crippen LogP contribution is 2.61. The van der Waals surface area contributed by atoms with Gasteiger partial charge in [-0.25, -0.2) is 0 Å². The van der Waals surface area contributed by atoms with Crippen molar-refractivity contribution in [1.29, 1.82) is 0 Å². The maximum Gasteiger partial charge on any atom is 0.261 e. The van der Waals surface area contributed by atoms with Crippen LogP contribution in [0.1, 0.15) is 89.0 Å². The third-order valence-electron chi connectivity index (χ3n) is 9.16. The summed E-state index contributed by atoms with van der Waals surface area (Å²) in [6, 6.07) is 12.4. The van der Waals surface area contributed by atoms with Crippen LogP contribution in [0, 0.1) is 23.2 Å². The Kier molecular flexibility index (Phi) is 5.66. The fraction of sp³-hybridized carbons (Fsp3) is 0.500. The fourth-order valence-corrected chi connectivity index (χ4v) is 7.84. The zero-order chi connectivity index (χ0) is 25.0. The van der Waals surface area contributed by atoms with Gasteiger partial charge in [0.1, 0.15) is 5.75 Å². The van der Waals surface area contributed by atoms with Crippen LogP contribution in [0.5, 0.6) is 5.75 Å². The van der Waals surface area contributed by atoms with Crippen LogP contribution in [0.4, 0.5) is 0 Å². The van der Waals surface area contributed by atoms with Crippen LogP contribution in [0.3, 0.4) is 0 Å². The van der Waals surface area contributed by atoms with E-state index in [1.165, 1.54) is 43.4 Å². The fourth-order valence-electron chi connectivity index (χ4n) is 7.84. The number of nitrogens with one attached hydrogen (secondary N) is 1. The number of carbonyl (C=O) groups excluding carboxylic acids is 3. The van der Waals surface area contributed by atoms with Gasteiger partial charge in [0.05, 0.1) is 29.8 Å². The van der Waals surface area contributed by atoms with Crippen molar-refractivity contribution in [3.8, 4) is 5.75 Å². The average molecular weight is 487 g/mol. The second-order valence-electron chi connectivity index (χ2n) is 11.5. The molecule has 1 heterocycles. The van der Waals surface area contributed by atoms with Crippen molar-refractivity contribution in [2.45, 2.75) is 65.0 Å². The molecule has 1 N–H and O–H groups in total. The van der Waals surface area contributed by atoms with Crippen LogP contribution >= 0.6 is 0 Å². The first-order chi connectivity index (χ1) is 17.4. The van der Waals surface area contributed by atoms with Crippen molar-refractivity contribution in [1.82, 2.24) is 10.2 Å². The summed E-state index contributed by atoms with van der Waals surface area (Å²) in [5.41, 5.74) is 2.24. The molecule has 5 aliphatic rings. The van der Waals surface area contributed by atoms with E-state index in [1.54, 1.807) is 36.4 Å². The summed E-state index contributed by atoms with van der Waals surface area (Å²) in [6.45, 7) is 4.63. The van der Waals surface area contributed by atoms with Gasteiger partial charge >= 0.3 is 0 Å². The van der Waals surface area contributed by atoms with Crippen LogP contribution in [0.15, 0.2) is 42.5 Å². The van der Waals surface area contributed by atoms with Crippen molar-refractivity contribution in [3.63, 3.8) is 0 Å². The Bertz CT molecular complexity index is 1160. The Morgan fingerprint density at radius 2 is 1.58 bits per heavy atom. The average Bonchev–Trinajstić information content (AvgIpc) is 3.09. The molecule has 4 bridgehead atoms. The van der Waals surface area contributed by atoms with E-state index in [-0.39, 0.29) is 35.7 Å². The number of imide groups is 1. The quantitative estimate of drug-likeness (QED) is 0.545. The van der Waals surface area contributed by atoms with Crippen LogP contribution in [0.2, 0.25) is 0 Å². The molecule has 7 rings (SSSR count). The highest BCUT2D eigenvalue weighted by atomic mass is 16.5. The van der Waals surface area contributed by atoms with Crippen LogP contribution in [-0.2, 0) is 6.54 Å². The first-order valence-corrected chi connectivity index (χ1v) is 13.4. The highest BCUT2D eigenvalue weighted by molar-refractivity contribution is 6.21. The molecule has 0 spiro atoms. The molecule has 6 heteroatoms. The molecule has 4 aliphatic carbocycles.